The number of aromatic nitrogens is 1. The zero-order valence-electron chi connectivity index (χ0n) is 13.6. The van der Waals surface area contributed by atoms with E-state index in [-0.39, 0.29) is 6.10 Å². The lowest BCUT2D eigenvalue weighted by atomic mass is 10.1. The second-order valence-electron chi connectivity index (χ2n) is 6.12. The van der Waals surface area contributed by atoms with Gasteiger partial charge in [0.25, 0.3) is 0 Å². The van der Waals surface area contributed by atoms with Crippen molar-refractivity contribution in [2.45, 2.75) is 32.0 Å². The van der Waals surface area contributed by atoms with Crippen molar-refractivity contribution in [1.29, 1.82) is 0 Å². The van der Waals surface area contributed by atoms with Crippen molar-refractivity contribution in [2.24, 2.45) is 0 Å². The number of aromatic carboxylic acids is 1. The Balaban J connectivity index is 1.77. The van der Waals surface area contributed by atoms with Gasteiger partial charge in [-0.1, -0.05) is 18.2 Å². The lowest BCUT2D eigenvalue weighted by Crippen LogP contribution is -2.32. The van der Waals surface area contributed by atoms with Crippen LogP contribution in [0.3, 0.4) is 0 Å². The second-order valence-corrected chi connectivity index (χ2v) is 6.12. The molecule has 1 aliphatic heterocycles. The highest BCUT2D eigenvalue weighted by atomic mass is 16.5. The van der Waals surface area contributed by atoms with Gasteiger partial charge in [0, 0.05) is 38.6 Å². The van der Waals surface area contributed by atoms with E-state index in [2.05, 4.69) is 9.88 Å². The van der Waals surface area contributed by atoms with E-state index in [0.29, 0.717) is 12.1 Å². The normalized spacial score (nSPS) is 17.3. The van der Waals surface area contributed by atoms with Crippen LogP contribution < -0.4 is 0 Å². The van der Waals surface area contributed by atoms with Crippen LogP contribution in [-0.2, 0) is 17.8 Å². The summed E-state index contributed by atoms with van der Waals surface area (Å²) in [6.07, 6.45) is 5.95. The number of pyridine rings is 1. The molecule has 1 unspecified atom stereocenters. The molecule has 1 fully saturated rings. The third-order valence-corrected chi connectivity index (χ3v) is 4.28. The molecule has 1 aromatic carbocycles. The number of hydrogen-bond acceptors (Lipinski definition) is 4. The summed E-state index contributed by atoms with van der Waals surface area (Å²) in [6.45, 7) is 2.96. The standard InChI is InChI=1S/C19H22N2O3/c22-19(23)18-6-2-1-4-16(18)13-21(14-17-5-3-11-24-17)12-15-7-9-20-10-8-15/h1-2,4,6-10,17H,3,5,11-14H2,(H,22,23). The van der Waals surface area contributed by atoms with Gasteiger partial charge in [-0.3, -0.25) is 9.88 Å². The van der Waals surface area contributed by atoms with Crippen LogP contribution in [-0.4, -0.2) is 40.2 Å². The average Bonchev–Trinajstić information content (AvgIpc) is 3.09. The minimum Gasteiger partial charge on any atom is -0.478 e. The Morgan fingerprint density at radius 3 is 2.71 bits per heavy atom. The molecule has 126 valence electrons. The van der Waals surface area contributed by atoms with Crippen molar-refractivity contribution >= 4 is 5.97 Å². The van der Waals surface area contributed by atoms with Crippen molar-refractivity contribution < 1.29 is 14.6 Å². The summed E-state index contributed by atoms with van der Waals surface area (Å²) in [4.78, 5) is 17.8. The van der Waals surface area contributed by atoms with Gasteiger partial charge in [0.05, 0.1) is 11.7 Å². The molecule has 2 aromatic rings. The minimum absolute atomic E-state index is 0.226. The summed E-state index contributed by atoms with van der Waals surface area (Å²) >= 11 is 0. The van der Waals surface area contributed by atoms with E-state index >= 15 is 0 Å². The number of nitrogens with zero attached hydrogens (tertiary/aromatic N) is 2. The summed E-state index contributed by atoms with van der Waals surface area (Å²) in [5, 5.41) is 9.40. The predicted octanol–water partition coefficient (Wildman–Crippen LogP) is 2.96. The van der Waals surface area contributed by atoms with Crippen LogP contribution in [0.2, 0.25) is 0 Å². The number of ether oxygens (including phenoxy) is 1. The third-order valence-electron chi connectivity index (χ3n) is 4.28. The van der Waals surface area contributed by atoms with Gasteiger partial charge in [-0.2, -0.15) is 0 Å². The van der Waals surface area contributed by atoms with E-state index in [1.54, 1.807) is 24.5 Å². The zero-order chi connectivity index (χ0) is 16.8. The maximum Gasteiger partial charge on any atom is 0.336 e. The molecule has 2 heterocycles. The number of benzene rings is 1. The number of rotatable bonds is 7. The van der Waals surface area contributed by atoms with E-state index in [0.717, 1.165) is 43.7 Å². The first-order chi connectivity index (χ1) is 11.7. The molecule has 1 saturated heterocycles. The Morgan fingerprint density at radius 1 is 1.21 bits per heavy atom. The molecule has 1 atom stereocenters. The fourth-order valence-electron chi connectivity index (χ4n) is 3.12. The van der Waals surface area contributed by atoms with E-state index in [4.69, 9.17) is 4.74 Å². The van der Waals surface area contributed by atoms with Crippen molar-refractivity contribution in [2.75, 3.05) is 13.2 Å². The molecule has 0 radical (unpaired) electrons. The number of carboxylic acids is 1. The molecule has 0 bridgehead atoms. The van der Waals surface area contributed by atoms with E-state index in [1.165, 1.54) is 0 Å². The van der Waals surface area contributed by atoms with Crippen LogP contribution in [0.25, 0.3) is 0 Å². The predicted molar refractivity (Wildman–Crippen MR) is 90.7 cm³/mol. The topological polar surface area (TPSA) is 62.7 Å². The van der Waals surface area contributed by atoms with Gasteiger partial charge in [-0.05, 0) is 42.2 Å². The Morgan fingerprint density at radius 2 is 2.00 bits per heavy atom. The molecule has 1 aliphatic rings. The monoisotopic (exact) mass is 326 g/mol. The van der Waals surface area contributed by atoms with Gasteiger partial charge in [0.2, 0.25) is 0 Å². The Bertz CT molecular complexity index is 669. The minimum atomic E-state index is -0.883. The fraction of sp³-hybridized carbons (Fsp3) is 0.368. The number of hydrogen-bond donors (Lipinski definition) is 1. The molecule has 0 amide bonds. The first kappa shape index (κ1) is 16.6. The SMILES string of the molecule is O=C(O)c1ccccc1CN(Cc1ccncc1)CC1CCCO1. The molecule has 1 N–H and O–H groups in total. The third kappa shape index (κ3) is 4.40. The van der Waals surface area contributed by atoms with Crippen molar-refractivity contribution in [1.82, 2.24) is 9.88 Å². The van der Waals surface area contributed by atoms with Crippen LogP contribution in [0.1, 0.15) is 34.3 Å². The van der Waals surface area contributed by atoms with Crippen molar-refractivity contribution in [3.63, 3.8) is 0 Å². The molecule has 3 rings (SSSR count). The second kappa shape index (κ2) is 8.04. The van der Waals surface area contributed by atoms with Crippen LogP contribution in [0.5, 0.6) is 0 Å². The maximum atomic E-state index is 11.5. The number of carbonyl (C=O) groups is 1. The molecule has 5 nitrogen and oxygen atoms in total. The van der Waals surface area contributed by atoms with Crippen molar-refractivity contribution in [3.8, 4) is 0 Å². The van der Waals surface area contributed by atoms with Gasteiger partial charge in [-0.15, -0.1) is 0 Å². The van der Waals surface area contributed by atoms with Gasteiger partial charge in [0.1, 0.15) is 0 Å². The zero-order valence-corrected chi connectivity index (χ0v) is 13.6. The van der Waals surface area contributed by atoms with Crippen LogP contribution in [0, 0.1) is 0 Å². The molecule has 1 aromatic heterocycles. The molecule has 5 heteroatoms. The summed E-state index contributed by atoms with van der Waals surface area (Å²) in [6, 6.07) is 11.2. The maximum absolute atomic E-state index is 11.5. The summed E-state index contributed by atoms with van der Waals surface area (Å²) in [5.74, 6) is -0.883. The van der Waals surface area contributed by atoms with E-state index < -0.39 is 5.97 Å². The summed E-state index contributed by atoms with van der Waals surface area (Å²) < 4.78 is 5.77. The highest BCUT2D eigenvalue weighted by Gasteiger charge is 2.21. The Labute approximate surface area is 141 Å². The Hall–Kier alpha value is -2.24. The van der Waals surface area contributed by atoms with Gasteiger partial charge >= 0.3 is 5.97 Å². The highest BCUT2D eigenvalue weighted by Crippen LogP contribution is 2.18. The highest BCUT2D eigenvalue weighted by molar-refractivity contribution is 5.89. The van der Waals surface area contributed by atoms with Gasteiger partial charge in [-0.25, -0.2) is 4.79 Å². The lowest BCUT2D eigenvalue weighted by molar-refractivity contribution is 0.0661. The van der Waals surface area contributed by atoms with Crippen LogP contribution >= 0.6 is 0 Å². The number of carboxylic acid groups (broad SMARTS) is 1. The first-order valence-electron chi connectivity index (χ1n) is 8.26. The molecule has 0 saturated carbocycles. The smallest absolute Gasteiger partial charge is 0.336 e. The van der Waals surface area contributed by atoms with E-state index in [9.17, 15) is 9.90 Å². The fourth-order valence-corrected chi connectivity index (χ4v) is 3.12. The largest absolute Gasteiger partial charge is 0.478 e. The quantitative estimate of drug-likeness (QED) is 0.847. The molecular weight excluding hydrogens is 304 g/mol. The van der Waals surface area contributed by atoms with Crippen LogP contribution in [0.4, 0.5) is 0 Å². The lowest BCUT2D eigenvalue weighted by Gasteiger charge is -2.26. The van der Waals surface area contributed by atoms with E-state index in [1.807, 2.05) is 24.3 Å². The molecular formula is C19H22N2O3. The summed E-state index contributed by atoms with van der Waals surface area (Å²) in [7, 11) is 0. The summed E-state index contributed by atoms with van der Waals surface area (Å²) in [5.41, 5.74) is 2.36. The van der Waals surface area contributed by atoms with Gasteiger partial charge < -0.3 is 9.84 Å². The molecule has 24 heavy (non-hydrogen) atoms. The average molecular weight is 326 g/mol. The Kier molecular flexibility index (Phi) is 5.56. The molecule has 0 spiro atoms. The van der Waals surface area contributed by atoms with Crippen LogP contribution in [0.15, 0.2) is 48.8 Å². The van der Waals surface area contributed by atoms with Gasteiger partial charge in [0.15, 0.2) is 0 Å². The first-order valence-corrected chi connectivity index (χ1v) is 8.26. The van der Waals surface area contributed by atoms with Crippen molar-refractivity contribution in [3.05, 3.63) is 65.5 Å². The molecule has 0 aliphatic carbocycles.